The van der Waals surface area contributed by atoms with Crippen LogP contribution >= 0.6 is 23.2 Å². The lowest BCUT2D eigenvalue weighted by Gasteiger charge is -2.05. The second kappa shape index (κ2) is 7.03. The molecule has 24 heavy (non-hydrogen) atoms. The summed E-state index contributed by atoms with van der Waals surface area (Å²) < 4.78 is 1.85. The Hall–Kier alpha value is -2.37. The smallest absolute Gasteiger partial charge is 0.260 e. The van der Waals surface area contributed by atoms with E-state index in [9.17, 15) is 4.79 Å². The predicted molar refractivity (Wildman–Crippen MR) is 96.7 cm³/mol. The third kappa shape index (κ3) is 3.58. The van der Waals surface area contributed by atoms with Crippen LogP contribution < -0.4 is 5.43 Å². The van der Waals surface area contributed by atoms with Crippen LogP contribution in [0, 0.1) is 6.92 Å². The average Bonchev–Trinajstić information content (AvgIpc) is 2.87. The van der Waals surface area contributed by atoms with E-state index in [1.165, 1.54) is 6.21 Å². The SMILES string of the molecule is Cc1nc2ccccc2n1CC(=O)N/N=C/c1ccc(Cl)c(Cl)c1. The highest BCUT2D eigenvalue weighted by atomic mass is 35.5. The first kappa shape index (κ1) is 16.5. The lowest BCUT2D eigenvalue weighted by Crippen LogP contribution is -2.23. The maximum atomic E-state index is 12.1. The van der Waals surface area contributed by atoms with Crippen LogP contribution in [0.1, 0.15) is 11.4 Å². The van der Waals surface area contributed by atoms with Gasteiger partial charge in [0.2, 0.25) is 0 Å². The van der Waals surface area contributed by atoms with Crippen LogP contribution in [0.25, 0.3) is 11.0 Å². The molecule has 0 spiro atoms. The Kier molecular flexibility index (Phi) is 4.83. The van der Waals surface area contributed by atoms with Crippen molar-refractivity contribution in [1.29, 1.82) is 0 Å². The summed E-state index contributed by atoms with van der Waals surface area (Å²) in [4.78, 5) is 16.5. The lowest BCUT2D eigenvalue weighted by atomic mass is 10.2. The van der Waals surface area contributed by atoms with Gasteiger partial charge in [-0.15, -0.1) is 0 Å². The maximum absolute atomic E-state index is 12.1. The number of nitrogens with zero attached hydrogens (tertiary/aromatic N) is 3. The van der Waals surface area contributed by atoms with Crippen molar-refractivity contribution >= 4 is 46.4 Å². The van der Waals surface area contributed by atoms with Gasteiger partial charge in [-0.05, 0) is 36.8 Å². The van der Waals surface area contributed by atoms with E-state index in [0.717, 1.165) is 22.4 Å². The number of nitrogens with one attached hydrogen (secondary N) is 1. The standard InChI is InChI=1S/C17H14Cl2N4O/c1-11-21-15-4-2-3-5-16(15)23(11)10-17(24)22-20-9-12-6-7-13(18)14(19)8-12/h2-9H,10H2,1H3,(H,22,24)/b20-9+. The fourth-order valence-corrected chi connectivity index (χ4v) is 2.65. The molecule has 0 atom stereocenters. The molecule has 1 amide bonds. The zero-order valence-corrected chi connectivity index (χ0v) is 14.3. The molecular weight excluding hydrogens is 347 g/mol. The summed E-state index contributed by atoms with van der Waals surface area (Å²) in [5.74, 6) is 0.539. The topological polar surface area (TPSA) is 59.3 Å². The highest BCUT2D eigenvalue weighted by Crippen LogP contribution is 2.21. The van der Waals surface area contributed by atoms with Crippen molar-refractivity contribution in [3.8, 4) is 0 Å². The number of amides is 1. The van der Waals surface area contributed by atoms with E-state index in [1.54, 1.807) is 18.2 Å². The summed E-state index contributed by atoms with van der Waals surface area (Å²) in [6, 6.07) is 12.8. The normalized spacial score (nSPS) is 11.3. The molecule has 1 aromatic heterocycles. The molecule has 5 nitrogen and oxygen atoms in total. The van der Waals surface area contributed by atoms with Crippen LogP contribution in [0.3, 0.4) is 0 Å². The Bertz CT molecular complexity index is 933. The third-order valence-electron chi connectivity index (χ3n) is 3.49. The second-order valence-electron chi connectivity index (χ2n) is 5.20. The monoisotopic (exact) mass is 360 g/mol. The van der Waals surface area contributed by atoms with Crippen molar-refractivity contribution in [2.45, 2.75) is 13.5 Å². The molecule has 7 heteroatoms. The molecule has 1 heterocycles. The highest BCUT2D eigenvalue weighted by molar-refractivity contribution is 6.42. The van der Waals surface area contributed by atoms with Crippen LogP contribution in [0.15, 0.2) is 47.6 Å². The number of carbonyl (C=O) groups excluding carboxylic acids is 1. The maximum Gasteiger partial charge on any atom is 0.260 e. The number of para-hydroxylation sites is 2. The number of halogens is 2. The van der Waals surface area contributed by atoms with E-state index in [-0.39, 0.29) is 12.5 Å². The summed E-state index contributed by atoms with van der Waals surface area (Å²) in [6.07, 6.45) is 1.51. The van der Waals surface area contributed by atoms with Gasteiger partial charge in [0, 0.05) is 0 Å². The summed E-state index contributed by atoms with van der Waals surface area (Å²) in [5, 5.41) is 4.85. The van der Waals surface area contributed by atoms with Gasteiger partial charge in [-0.2, -0.15) is 5.10 Å². The van der Waals surface area contributed by atoms with E-state index < -0.39 is 0 Å². The van der Waals surface area contributed by atoms with Crippen molar-refractivity contribution in [2.75, 3.05) is 0 Å². The molecular formula is C17H14Cl2N4O. The molecule has 122 valence electrons. The molecule has 2 aromatic carbocycles. The van der Waals surface area contributed by atoms with E-state index >= 15 is 0 Å². The van der Waals surface area contributed by atoms with Crippen LogP contribution in [0.2, 0.25) is 10.0 Å². The molecule has 0 unspecified atom stereocenters. The predicted octanol–water partition coefficient (Wildman–Crippen LogP) is 3.80. The zero-order chi connectivity index (χ0) is 17.1. The highest BCUT2D eigenvalue weighted by Gasteiger charge is 2.09. The molecule has 3 aromatic rings. The number of hydrazone groups is 1. The second-order valence-corrected chi connectivity index (χ2v) is 6.02. The van der Waals surface area contributed by atoms with Crippen molar-refractivity contribution < 1.29 is 4.79 Å². The molecule has 0 aliphatic rings. The Labute approximate surface area is 148 Å². The van der Waals surface area contributed by atoms with Gasteiger partial charge in [0.25, 0.3) is 5.91 Å². The molecule has 0 saturated heterocycles. The Morgan fingerprint density at radius 1 is 1.25 bits per heavy atom. The molecule has 0 aliphatic carbocycles. The van der Waals surface area contributed by atoms with Gasteiger partial charge in [0.1, 0.15) is 12.4 Å². The zero-order valence-electron chi connectivity index (χ0n) is 12.8. The summed E-state index contributed by atoms with van der Waals surface area (Å²) in [5.41, 5.74) is 5.02. The van der Waals surface area contributed by atoms with Crippen LogP contribution in [0.4, 0.5) is 0 Å². The van der Waals surface area contributed by atoms with Crippen molar-refractivity contribution in [2.24, 2.45) is 5.10 Å². The van der Waals surface area contributed by atoms with Crippen molar-refractivity contribution in [3.05, 3.63) is 63.9 Å². The first-order valence-electron chi connectivity index (χ1n) is 7.23. The van der Waals surface area contributed by atoms with Crippen molar-refractivity contribution in [3.63, 3.8) is 0 Å². The molecule has 0 aliphatic heterocycles. The van der Waals surface area contributed by atoms with E-state index in [0.29, 0.717) is 10.0 Å². The number of rotatable bonds is 4. The average molecular weight is 361 g/mol. The number of aryl methyl sites for hydroxylation is 1. The first-order valence-corrected chi connectivity index (χ1v) is 7.99. The summed E-state index contributed by atoms with van der Waals surface area (Å²) in [7, 11) is 0. The van der Waals surface area contributed by atoms with E-state index in [1.807, 2.05) is 35.8 Å². The van der Waals surface area contributed by atoms with Crippen LogP contribution in [-0.2, 0) is 11.3 Å². The Morgan fingerprint density at radius 3 is 2.83 bits per heavy atom. The molecule has 0 radical (unpaired) electrons. The number of carbonyl (C=O) groups is 1. The van der Waals surface area contributed by atoms with Gasteiger partial charge in [-0.25, -0.2) is 10.4 Å². The first-order chi connectivity index (χ1) is 11.5. The van der Waals surface area contributed by atoms with Crippen molar-refractivity contribution in [1.82, 2.24) is 15.0 Å². The molecule has 0 fully saturated rings. The molecule has 3 rings (SSSR count). The number of fused-ring (bicyclic) bond motifs is 1. The Balaban J connectivity index is 1.68. The van der Waals surface area contributed by atoms with Gasteiger partial charge in [0.05, 0.1) is 27.3 Å². The van der Waals surface area contributed by atoms with Gasteiger partial charge >= 0.3 is 0 Å². The van der Waals surface area contributed by atoms with Crippen LogP contribution in [-0.4, -0.2) is 21.7 Å². The number of imidazole rings is 1. The van der Waals surface area contributed by atoms with Gasteiger partial charge in [-0.3, -0.25) is 4.79 Å². The molecule has 0 saturated carbocycles. The third-order valence-corrected chi connectivity index (χ3v) is 4.23. The van der Waals surface area contributed by atoms with E-state index in [4.69, 9.17) is 23.2 Å². The molecule has 1 N–H and O–H groups in total. The fourth-order valence-electron chi connectivity index (χ4n) is 2.35. The Morgan fingerprint density at radius 2 is 2.04 bits per heavy atom. The molecule has 0 bridgehead atoms. The minimum absolute atomic E-state index is 0.144. The van der Waals surface area contributed by atoms with Gasteiger partial charge < -0.3 is 4.57 Å². The number of benzene rings is 2. The minimum Gasteiger partial charge on any atom is -0.319 e. The summed E-state index contributed by atoms with van der Waals surface area (Å²) in [6.45, 7) is 2.01. The minimum atomic E-state index is -0.238. The number of hydrogen-bond acceptors (Lipinski definition) is 3. The number of aromatic nitrogens is 2. The van der Waals surface area contributed by atoms with Gasteiger partial charge in [0.15, 0.2) is 0 Å². The van der Waals surface area contributed by atoms with E-state index in [2.05, 4.69) is 15.5 Å². The quantitative estimate of drug-likeness (QED) is 0.568. The summed E-state index contributed by atoms with van der Waals surface area (Å²) >= 11 is 11.8. The number of hydrogen-bond donors (Lipinski definition) is 1. The van der Waals surface area contributed by atoms with Crippen LogP contribution in [0.5, 0.6) is 0 Å². The lowest BCUT2D eigenvalue weighted by molar-refractivity contribution is -0.121. The largest absolute Gasteiger partial charge is 0.319 e. The fraction of sp³-hybridized carbons (Fsp3) is 0.118. The van der Waals surface area contributed by atoms with Gasteiger partial charge in [-0.1, -0.05) is 41.4 Å².